The van der Waals surface area contributed by atoms with E-state index in [-0.39, 0.29) is 18.9 Å². The van der Waals surface area contributed by atoms with Crippen LogP contribution < -0.4 is 10.6 Å². The molecule has 18 unspecified atom stereocenters. The molecular formula is C61H110N2O21. The highest BCUT2D eigenvalue weighted by molar-refractivity contribution is 5.77. The number of allylic oxidation sites excluding steroid dienone is 4. The molecule has 18 atom stereocenters. The van der Waals surface area contributed by atoms with Crippen molar-refractivity contribution in [3.8, 4) is 0 Å². The number of hydrogen-bond donors (Lipinski definition) is 14. The topological polar surface area (TPSA) is 373 Å². The normalized spacial score (nSPS) is 29.9. The molecule has 3 aliphatic heterocycles. The highest BCUT2D eigenvalue weighted by atomic mass is 16.8. The molecule has 3 heterocycles. The van der Waals surface area contributed by atoms with Gasteiger partial charge in [-0.05, 0) is 38.5 Å². The van der Waals surface area contributed by atoms with Crippen LogP contribution in [0.4, 0.5) is 0 Å². The minimum Gasteiger partial charge on any atom is -0.477 e. The van der Waals surface area contributed by atoms with Crippen LogP contribution >= 0.6 is 0 Å². The van der Waals surface area contributed by atoms with E-state index >= 15 is 0 Å². The molecule has 0 aromatic carbocycles. The van der Waals surface area contributed by atoms with Gasteiger partial charge in [-0.3, -0.25) is 9.59 Å². The maximum absolute atomic E-state index is 13.4. The Labute approximate surface area is 498 Å². The van der Waals surface area contributed by atoms with Crippen LogP contribution in [0.15, 0.2) is 24.3 Å². The van der Waals surface area contributed by atoms with E-state index in [9.17, 15) is 75.7 Å². The molecule has 3 aliphatic rings. The van der Waals surface area contributed by atoms with E-state index in [4.69, 9.17) is 28.4 Å². The van der Waals surface area contributed by atoms with E-state index in [1.807, 2.05) is 0 Å². The SMILES string of the molecule is CCCCC/C=C\C=C/CCCCCCCCC(=O)NC(COC1OC(CO)C(OC2OC(CO)C(O)C(OC3(C(=O)O)CC(O)C(NC(C)=O)C(C(O)C(O)CO)O3)C2O)C(O)C1O)C(O)CCCCCCCCCCCCCCCCC. The van der Waals surface area contributed by atoms with Gasteiger partial charge in [0.1, 0.15) is 67.1 Å². The Hall–Kier alpha value is -2.79. The lowest BCUT2D eigenvalue weighted by atomic mass is 9.88. The maximum atomic E-state index is 13.4. The lowest BCUT2D eigenvalue weighted by Gasteiger charge is -2.50. The monoisotopic (exact) mass is 1210 g/mol. The predicted octanol–water partition coefficient (Wildman–Crippen LogP) is 3.72. The molecule has 2 amide bonds. The fourth-order valence-corrected chi connectivity index (χ4v) is 11.1. The van der Waals surface area contributed by atoms with Gasteiger partial charge in [-0.1, -0.05) is 173 Å². The highest BCUT2D eigenvalue weighted by Gasteiger charge is 2.60. The van der Waals surface area contributed by atoms with Gasteiger partial charge in [-0.15, -0.1) is 0 Å². The number of carboxylic acid groups (broad SMARTS) is 1. The van der Waals surface area contributed by atoms with Gasteiger partial charge in [-0.25, -0.2) is 4.79 Å². The van der Waals surface area contributed by atoms with Crippen molar-refractivity contribution in [1.82, 2.24) is 10.6 Å². The molecule has 0 saturated carbocycles. The van der Waals surface area contributed by atoms with Gasteiger partial charge in [0, 0.05) is 19.8 Å². The Morgan fingerprint density at radius 2 is 1.13 bits per heavy atom. The minimum absolute atomic E-state index is 0.210. The molecule has 23 nitrogen and oxygen atoms in total. The molecule has 3 fully saturated rings. The minimum atomic E-state index is -3.08. The van der Waals surface area contributed by atoms with Crippen LogP contribution in [0, 0.1) is 0 Å². The average Bonchev–Trinajstić information content (AvgIpc) is 1.25. The van der Waals surface area contributed by atoms with E-state index in [0.717, 1.165) is 77.6 Å². The zero-order valence-corrected chi connectivity index (χ0v) is 50.5. The zero-order chi connectivity index (χ0) is 61.9. The maximum Gasteiger partial charge on any atom is 0.364 e. The van der Waals surface area contributed by atoms with Gasteiger partial charge < -0.3 is 100 Å². The molecule has 3 saturated heterocycles. The molecular weight excluding hydrogens is 1100 g/mol. The molecule has 23 heteroatoms. The molecule has 0 aliphatic carbocycles. The van der Waals surface area contributed by atoms with Gasteiger partial charge in [0.2, 0.25) is 11.8 Å². The van der Waals surface area contributed by atoms with Crippen LogP contribution in [0.25, 0.3) is 0 Å². The van der Waals surface area contributed by atoms with Crippen molar-refractivity contribution in [2.75, 3.05) is 26.4 Å². The first-order valence-corrected chi connectivity index (χ1v) is 31.7. The fourth-order valence-electron chi connectivity index (χ4n) is 11.1. The summed E-state index contributed by atoms with van der Waals surface area (Å²) < 4.78 is 34.8. The van der Waals surface area contributed by atoms with Crippen LogP contribution in [0.2, 0.25) is 0 Å². The van der Waals surface area contributed by atoms with Crippen molar-refractivity contribution in [2.45, 2.75) is 317 Å². The molecule has 0 bridgehead atoms. The molecule has 3 rings (SSSR count). The number of unbranched alkanes of at least 4 members (excludes halogenated alkanes) is 23. The average molecular weight is 1210 g/mol. The van der Waals surface area contributed by atoms with Gasteiger partial charge in [0.05, 0.1) is 50.7 Å². The summed E-state index contributed by atoms with van der Waals surface area (Å²) in [4.78, 5) is 38.4. The highest BCUT2D eigenvalue weighted by Crippen LogP contribution is 2.38. The van der Waals surface area contributed by atoms with Crippen molar-refractivity contribution in [1.29, 1.82) is 0 Å². The number of carboxylic acids is 1. The molecule has 14 N–H and O–H groups in total. The van der Waals surface area contributed by atoms with Crippen molar-refractivity contribution >= 4 is 17.8 Å². The largest absolute Gasteiger partial charge is 0.477 e. The van der Waals surface area contributed by atoms with Crippen LogP contribution in [-0.2, 0) is 42.8 Å². The number of carbonyl (C=O) groups is 3. The number of aliphatic carboxylic acids is 1. The Bertz CT molecular complexity index is 1820. The fraction of sp³-hybridized carbons (Fsp3) is 0.885. The zero-order valence-electron chi connectivity index (χ0n) is 50.5. The summed E-state index contributed by atoms with van der Waals surface area (Å²) in [6.45, 7) is 2.13. The number of aliphatic hydroxyl groups is 11. The Morgan fingerprint density at radius 1 is 0.619 bits per heavy atom. The summed E-state index contributed by atoms with van der Waals surface area (Å²) in [5.74, 6) is -6.12. The lowest BCUT2D eigenvalue weighted by molar-refractivity contribution is -0.386. The third-order valence-corrected chi connectivity index (χ3v) is 16.2. The van der Waals surface area contributed by atoms with Gasteiger partial charge in [0.25, 0.3) is 5.79 Å². The summed E-state index contributed by atoms with van der Waals surface area (Å²) >= 11 is 0. The predicted molar refractivity (Wildman–Crippen MR) is 311 cm³/mol. The van der Waals surface area contributed by atoms with Crippen LogP contribution in [-0.4, -0.2) is 215 Å². The third-order valence-electron chi connectivity index (χ3n) is 16.2. The van der Waals surface area contributed by atoms with Crippen molar-refractivity contribution < 1.29 is 104 Å². The van der Waals surface area contributed by atoms with E-state index in [0.29, 0.717) is 19.3 Å². The molecule has 490 valence electrons. The van der Waals surface area contributed by atoms with E-state index < -0.39 is 148 Å². The number of rotatable bonds is 46. The number of ether oxygens (including phenoxy) is 6. The summed E-state index contributed by atoms with van der Waals surface area (Å²) in [7, 11) is 0. The standard InChI is InChI=1S/C61H110N2O21/c1-4-6-8-10-12-14-16-18-20-22-24-26-28-30-32-34-43(68)42(63-48(71)35-33-31-29-27-25-23-21-19-17-15-13-11-9-7-5-2)40-79-58-53(75)52(74)55(47(39-66)81-58)82-59-54(76)57(51(73)46(38-65)80-59)84-61(60(77)78)36-44(69)49(62-41(3)67)56(83-61)50(72)45(70)37-64/h13,15,17,19,42-47,49-59,64-66,68-70,72-76H,4-12,14,16,18,20-40H2,1-3H3,(H,62,67)(H,63,71)(H,77,78)/b15-13-,19-17-. The lowest BCUT2D eigenvalue weighted by Crippen LogP contribution is -2.70. The molecule has 0 spiro atoms. The van der Waals surface area contributed by atoms with Gasteiger partial charge in [0.15, 0.2) is 12.6 Å². The number of nitrogens with one attached hydrogen (secondary N) is 2. The summed E-state index contributed by atoms with van der Waals surface area (Å²) in [6.07, 6.45) is 9.05. The number of hydrogen-bond acceptors (Lipinski definition) is 20. The van der Waals surface area contributed by atoms with Crippen LogP contribution in [0.3, 0.4) is 0 Å². The van der Waals surface area contributed by atoms with Gasteiger partial charge >= 0.3 is 5.97 Å². The smallest absolute Gasteiger partial charge is 0.364 e. The molecule has 0 aromatic rings. The second-order valence-electron chi connectivity index (χ2n) is 23.3. The second kappa shape index (κ2) is 43.0. The van der Waals surface area contributed by atoms with E-state index in [2.05, 4.69) is 48.8 Å². The first kappa shape index (κ1) is 75.5. The van der Waals surface area contributed by atoms with E-state index in [1.165, 1.54) is 83.5 Å². The Balaban J connectivity index is 1.65. The first-order valence-electron chi connectivity index (χ1n) is 31.7. The Morgan fingerprint density at radius 3 is 1.67 bits per heavy atom. The molecule has 0 aromatic heterocycles. The van der Waals surface area contributed by atoms with Crippen molar-refractivity contribution in [2.24, 2.45) is 0 Å². The first-order chi connectivity index (χ1) is 40.4. The summed E-state index contributed by atoms with van der Waals surface area (Å²) in [5, 5.41) is 136. The van der Waals surface area contributed by atoms with Gasteiger partial charge in [-0.2, -0.15) is 0 Å². The van der Waals surface area contributed by atoms with Crippen LogP contribution in [0.5, 0.6) is 0 Å². The Kier molecular flexibility index (Phi) is 38.6. The molecule has 84 heavy (non-hydrogen) atoms. The van der Waals surface area contributed by atoms with E-state index in [1.54, 1.807) is 0 Å². The molecule has 0 radical (unpaired) electrons. The second-order valence-corrected chi connectivity index (χ2v) is 23.3. The van der Waals surface area contributed by atoms with Crippen LogP contribution in [0.1, 0.15) is 207 Å². The van der Waals surface area contributed by atoms with Crippen molar-refractivity contribution in [3.63, 3.8) is 0 Å². The number of amides is 2. The summed E-state index contributed by atoms with van der Waals surface area (Å²) in [6, 6.07) is -2.53. The summed E-state index contributed by atoms with van der Waals surface area (Å²) in [5.41, 5.74) is 0. The number of carbonyl (C=O) groups excluding carboxylic acids is 2. The van der Waals surface area contributed by atoms with Crippen molar-refractivity contribution in [3.05, 3.63) is 24.3 Å². The third kappa shape index (κ3) is 26.5. The quantitative estimate of drug-likeness (QED) is 0.0305. The number of aliphatic hydroxyl groups excluding tert-OH is 11.